The molecule has 56 heavy (non-hydrogen) atoms. The van der Waals surface area contributed by atoms with Crippen LogP contribution in [0.5, 0.6) is 0 Å². The molecule has 2 N–H and O–H groups in total. The van der Waals surface area contributed by atoms with Crippen molar-refractivity contribution < 1.29 is 26.0 Å². The lowest BCUT2D eigenvalue weighted by Crippen LogP contribution is -2.53. The Kier molecular flexibility index (Phi) is 25.5. The van der Waals surface area contributed by atoms with Crippen LogP contribution < -0.4 is 10.6 Å². The maximum Gasteiger partial charge on any atom is 0.314 e. The van der Waals surface area contributed by atoms with Gasteiger partial charge in [-0.3, -0.25) is 9.59 Å². The third-order valence-corrected chi connectivity index (χ3v) is 29.3. The molecule has 0 radical (unpaired) electrons. The van der Waals surface area contributed by atoms with Crippen LogP contribution in [0.1, 0.15) is 141 Å². The monoisotopic (exact) mass is 891 g/mol. The molecule has 2 unspecified atom stereocenters. The first-order valence-electron chi connectivity index (χ1n) is 23.2. The minimum absolute atomic E-state index is 0.0714. The van der Waals surface area contributed by atoms with Gasteiger partial charge in [0.15, 0.2) is 33.3 Å². The van der Waals surface area contributed by atoms with Crippen LogP contribution in [-0.4, -0.2) is 74.3 Å². The minimum Gasteiger partial charge on any atom is -0.437 e. The van der Waals surface area contributed by atoms with Gasteiger partial charge in [0, 0.05) is 24.9 Å². The molecule has 1 rings (SSSR count). The number of carbonyl (C=O) groups excluding carboxylic acids is 2. The third kappa shape index (κ3) is 30.2. The van der Waals surface area contributed by atoms with Crippen LogP contribution in [0.4, 0.5) is 0 Å². The third-order valence-electron chi connectivity index (χ3n) is 10.1. The molecule has 1 aliphatic rings. The number of hydrogen-bond donors (Lipinski definition) is 2. The van der Waals surface area contributed by atoms with E-state index >= 15 is 0 Å². The number of hydrogen-bond acceptors (Lipinski definition) is 6. The van der Waals surface area contributed by atoms with Gasteiger partial charge in [0.25, 0.3) is 0 Å². The van der Waals surface area contributed by atoms with E-state index in [9.17, 15) is 9.59 Å². The minimum atomic E-state index is -2.11. The van der Waals surface area contributed by atoms with Gasteiger partial charge in [-0.15, -0.1) is 0 Å². The van der Waals surface area contributed by atoms with Crippen LogP contribution >= 0.6 is 0 Å². The molecule has 8 nitrogen and oxygen atoms in total. The molecule has 0 heterocycles. The highest BCUT2D eigenvalue weighted by atomic mass is 28.5. The summed E-state index contributed by atoms with van der Waals surface area (Å²) in [4.78, 5) is 25.7. The number of nitrogens with one attached hydrogen (secondary N) is 2. The molecule has 0 aromatic carbocycles. The van der Waals surface area contributed by atoms with E-state index in [4.69, 9.17) is 16.5 Å². The molecule has 332 valence electrons. The second-order valence-electron chi connectivity index (χ2n) is 21.4. The van der Waals surface area contributed by atoms with E-state index in [0.717, 1.165) is 63.5 Å². The Morgan fingerprint density at radius 3 is 0.875 bits per heavy atom. The molecule has 0 spiro atoms. The lowest BCUT2D eigenvalue weighted by Gasteiger charge is -2.38. The molecule has 1 saturated carbocycles. The summed E-state index contributed by atoms with van der Waals surface area (Å²) in [7, 11) is -10.7. The fourth-order valence-electron chi connectivity index (χ4n) is 8.46. The predicted molar refractivity (Wildman–Crippen MR) is 256 cm³/mol. The van der Waals surface area contributed by atoms with Crippen molar-refractivity contribution in [3.05, 3.63) is 0 Å². The molecule has 0 aliphatic heterocycles. The average molecular weight is 892 g/mol. The Bertz CT molecular complexity index is 974. The van der Waals surface area contributed by atoms with Gasteiger partial charge in [0.05, 0.1) is 0 Å². The van der Waals surface area contributed by atoms with Crippen molar-refractivity contribution in [1.82, 2.24) is 10.6 Å². The van der Waals surface area contributed by atoms with Crippen LogP contribution in [0, 0.1) is 0 Å². The Balaban J connectivity index is 2.19. The van der Waals surface area contributed by atoms with E-state index in [1.807, 2.05) is 0 Å². The van der Waals surface area contributed by atoms with Gasteiger partial charge in [-0.1, -0.05) is 103 Å². The van der Waals surface area contributed by atoms with Crippen LogP contribution in [0.25, 0.3) is 0 Å². The molecule has 0 aromatic heterocycles. The molecule has 0 aromatic rings. The molecule has 14 heteroatoms. The van der Waals surface area contributed by atoms with Crippen molar-refractivity contribution in [2.24, 2.45) is 0 Å². The molecule has 2 atom stereocenters. The topological polar surface area (TPSA) is 95.1 Å². The quantitative estimate of drug-likeness (QED) is 0.0516. The van der Waals surface area contributed by atoms with Crippen LogP contribution in [0.3, 0.4) is 0 Å². The van der Waals surface area contributed by atoms with Crippen molar-refractivity contribution in [2.45, 2.75) is 257 Å². The Hall–Kier alpha value is 0.0813. The first-order chi connectivity index (χ1) is 25.8. The first-order valence-corrected chi connectivity index (χ1v) is 41.9. The fourth-order valence-corrected chi connectivity index (χ4v) is 33.7. The van der Waals surface area contributed by atoms with Crippen molar-refractivity contribution in [2.75, 3.05) is 0 Å². The number of unbranched alkanes of at least 4 members (excludes halogenated alkanes) is 14. The molecule has 2 amide bonds. The summed E-state index contributed by atoms with van der Waals surface area (Å²) >= 11 is 0. The second-order valence-corrected chi connectivity index (χ2v) is 47.1. The van der Waals surface area contributed by atoms with Crippen molar-refractivity contribution in [3.8, 4) is 0 Å². The summed E-state index contributed by atoms with van der Waals surface area (Å²) in [6.45, 7) is 32.0. The SMILES string of the molecule is C[Si](C)(C)O[Si](C)(CCCCCCCCCCC(=O)NC1CCCCC1NC(=O)CCCCCCCCCC[Si](C)(O[Si](C)(C)C)O[Si](C)(C)C)O[Si](C)(C)C. The van der Waals surface area contributed by atoms with Crippen molar-refractivity contribution in [1.29, 1.82) is 0 Å². The highest BCUT2D eigenvalue weighted by molar-refractivity contribution is 6.88. The maximum atomic E-state index is 12.9. The zero-order valence-electron chi connectivity index (χ0n) is 39.6. The molecular formula is C42H94N2O6Si6. The summed E-state index contributed by atoms with van der Waals surface area (Å²) in [5.41, 5.74) is 0. The van der Waals surface area contributed by atoms with Crippen LogP contribution in [0.15, 0.2) is 0 Å². The second kappa shape index (κ2) is 26.4. The standard InChI is InChI=1S/C42H94N2O6Si6/c1-51(2,3)47-55(13,48-52(4,5)6)37-31-25-21-17-15-19-23-27-35-41(45)43-39-33-29-30-34-40(39)44-42(46)36-28-24-20-16-18-22-26-32-38-56(14,49-53(7,8)9)50-54(10,11)12/h39-40H,15-38H2,1-14H3,(H,43,45)(H,44,46). The summed E-state index contributed by atoms with van der Waals surface area (Å²) < 4.78 is 26.6. The average Bonchev–Trinajstić information content (AvgIpc) is 3.00. The van der Waals surface area contributed by atoms with E-state index in [-0.39, 0.29) is 23.9 Å². The first kappa shape index (κ1) is 54.1. The Labute approximate surface area is 354 Å². The summed E-state index contributed by atoms with van der Waals surface area (Å²) in [5, 5.41) is 6.60. The molecular weight excluding hydrogens is 797 g/mol. The predicted octanol–water partition coefficient (Wildman–Crippen LogP) is 13.1. The summed E-state index contributed by atoms with van der Waals surface area (Å²) in [6.07, 6.45) is 24.3. The number of amides is 2. The van der Waals surface area contributed by atoms with E-state index in [1.54, 1.807) is 0 Å². The van der Waals surface area contributed by atoms with Gasteiger partial charge in [0.2, 0.25) is 11.8 Å². The van der Waals surface area contributed by atoms with Gasteiger partial charge >= 0.3 is 17.1 Å². The molecule has 1 aliphatic carbocycles. The van der Waals surface area contributed by atoms with Gasteiger partial charge < -0.3 is 27.1 Å². The van der Waals surface area contributed by atoms with Gasteiger partial charge in [-0.2, -0.15) is 0 Å². The normalized spacial score (nSPS) is 17.6. The molecule has 0 saturated heterocycles. The Morgan fingerprint density at radius 1 is 0.393 bits per heavy atom. The van der Waals surface area contributed by atoms with E-state index in [1.165, 1.54) is 77.0 Å². The highest BCUT2D eigenvalue weighted by Crippen LogP contribution is 2.28. The zero-order valence-corrected chi connectivity index (χ0v) is 45.6. The largest absolute Gasteiger partial charge is 0.437 e. The van der Waals surface area contributed by atoms with E-state index in [0.29, 0.717) is 12.8 Å². The molecule has 1 fully saturated rings. The van der Waals surface area contributed by atoms with Crippen molar-refractivity contribution in [3.63, 3.8) is 0 Å². The van der Waals surface area contributed by atoms with E-state index < -0.39 is 50.4 Å². The maximum absolute atomic E-state index is 12.9. The van der Waals surface area contributed by atoms with Crippen molar-refractivity contribution >= 4 is 62.2 Å². The fraction of sp³-hybridized carbons (Fsp3) is 0.952. The number of carbonyl (C=O) groups is 2. The number of rotatable bonds is 32. The smallest absolute Gasteiger partial charge is 0.314 e. The summed E-state index contributed by atoms with van der Waals surface area (Å²) in [5.74, 6) is 0.306. The van der Waals surface area contributed by atoms with Gasteiger partial charge in [-0.05, 0) is 129 Å². The van der Waals surface area contributed by atoms with Crippen LogP contribution in [0.2, 0.25) is 104 Å². The zero-order chi connectivity index (χ0) is 42.5. The lowest BCUT2D eigenvalue weighted by molar-refractivity contribution is -0.125. The Morgan fingerprint density at radius 2 is 0.625 bits per heavy atom. The highest BCUT2D eigenvalue weighted by Gasteiger charge is 2.41. The van der Waals surface area contributed by atoms with Gasteiger partial charge in [0.1, 0.15) is 0 Å². The summed E-state index contributed by atoms with van der Waals surface area (Å²) in [6, 6.07) is 2.36. The molecule has 0 bridgehead atoms. The van der Waals surface area contributed by atoms with E-state index in [2.05, 4.69) is 102 Å². The van der Waals surface area contributed by atoms with Gasteiger partial charge in [-0.25, -0.2) is 0 Å². The lowest BCUT2D eigenvalue weighted by atomic mass is 9.90. The van der Waals surface area contributed by atoms with Crippen LogP contribution in [-0.2, 0) is 26.0 Å².